The number of nitrogens with one attached hydrogen (secondary N) is 2. The van der Waals surface area contributed by atoms with E-state index in [1.165, 1.54) is 0 Å². The monoisotopic (exact) mass is 331 g/mol. The van der Waals surface area contributed by atoms with Gasteiger partial charge in [0, 0.05) is 5.69 Å². The summed E-state index contributed by atoms with van der Waals surface area (Å²) in [4.78, 5) is 17.4. The molecule has 0 saturated heterocycles. The van der Waals surface area contributed by atoms with Crippen LogP contribution in [0.1, 0.15) is 5.69 Å². The topological polar surface area (TPSA) is 75.6 Å². The molecule has 3 rings (SSSR count). The SMILES string of the molecule is Cc1cccc(NC(=O)Cn2c(-c3cccs3)n[nH]c2=S)n1. The maximum absolute atomic E-state index is 12.2. The minimum absolute atomic E-state index is 0.0815. The number of carbonyl (C=O) groups excluding carboxylic acids is 1. The molecule has 0 unspecified atom stereocenters. The second-order valence-electron chi connectivity index (χ2n) is 4.63. The Morgan fingerprint density at radius 3 is 3.00 bits per heavy atom. The zero-order valence-corrected chi connectivity index (χ0v) is 13.4. The number of pyridine rings is 1. The lowest BCUT2D eigenvalue weighted by atomic mass is 10.3. The van der Waals surface area contributed by atoms with Gasteiger partial charge in [-0.1, -0.05) is 12.1 Å². The number of aryl methyl sites for hydroxylation is 1. The van der Waals surface area contributed by atoms with Gasteiger partial charge < -0.3 is 5.32 Å². The quantitative estimate of drug-likeness (QED) is 0.721. The first-order valence-corrected chi connectivity index (χ1v) is 7.85. The zero-order valence-electron chi connectivity index (χ0n) is 11.7. The summed E-state index contributed by atoms with van der Waals surface area (Å²) in [6.45, 7) is 1.95. The van der Waals surface area contributed by atoms with Crippen molar-refractivity contribution in [2.75, 3.05) is 5.32 Å². The molecule has 0 spiro atoms. The molecule has 3 aromatic heterocycles. The molecule has 0 saturated carbocycles. The van der Waals surface area contributed by atoms with E-state index in [4.69, 9.17) is 12.2 Å². The highest BCUT2D eigenvalue weighted by Crippen LogP contribution is 2.22. The predicted octanol–water partition coefficient (Wildman–Crippen LogP) is 3.01. The maximum atomic E-state index is 12.2. The molecule has 0 atom stereocenters. The number of anilines is 1. The summed E-state index contributed by atoms with van der Waals surface area (Å²) < 4.78 is 2.09. The summed E-state index contributed by atoms with van der Waals surface area (Å²) in [6, 6.07) is 9.33. The molecule has 0 fully saturated rings. The van der Waals surface area contributed by atoms with Crippen LogP contribution in [0, 0.1) is 11.7 Å². The first kappa shape index (κ1) is 14.6. The summed E-state index contributed by atoms with van der Waals surface area (Å²) in [6.07, 6.45) is 0. The smallest absolute Gasteiger partial charge is 0.245 e. The molecule has 8 heteroatoms. The fraction of sp³-hybridized carbons (Fsp3) is 0.143. The molecule has 0 radical (unpaired) electrons. The van der Waals surface area contributed by atoms with Crippen LogP contribution in [0.3, 0.4) is 0 Å². The molecule has 1 amide bonds. The lowest BCUT2D eigenvalue weighted by Crippen LogP contribution is -2.20. The van der Waals surface area contributed by atoms with E-state index in [1.807, 2.05) is 36.6 Å². The van der Waals surface area contributed by atoms with Crippen LogP contribution in [0.2, 0.25) is 0 Å². The van der Waals surface area contributed by atoms with Crippen molar-refractivity contribution in [2.24, 2.45) is 0 Å². The molecule has 2 N–H and O–H groups in total. The van der Waals surface area contributed by atoms with Crippen molar-refractivity contribution in [1.29, 1.82) is 0 Å². The number of aromatic amines is 1. The van der Waals surface area contributed by atoms with Crippen LogP contribution >= 0.6 is 23.6 Å². The number of hydrogen-bond donors (Lipinski definition) is 2. The van der Waals surface area contributed by atoms with Crippen LogP contribution in [0.5, 0.6) is 0 Å². The Bertz CT molecular complexity index is 850. The number of aromatic nitrogens is 4. The van der Waals surface area contributed by atoms with Crippen LogP contribution in [0.4, 0.5) is 5.82 Å². The molecule has 112 valence electrons. The number of thiophene rings is 1. The van der Waals surface area contributed by atoms with Gasteiger partial charge in [-0.15, -0.1) is 11.3 Å². The minimum Gasteiger partial charge on any atom is -0.309 e. The van der Waals surface area contributed by atoms with Gasteiger partial charge >= 0.3 is 0 Å². The Morgan fingerprint density at radius 1 is 1.41 bits per heavy atom. The van der Waals surface area contributed by atoms with Gasteiger partial charge in [-0.2, -0.15) is 5.10 Å². The summed E-state index contributed by atoms with van der Waals surface area (Å²) in [7, 11) is 0. The third-order valence-electron chi connectivity index (χ3n) is 2.96. The zero-order chi connectivity index (χ0) is 15.5. The van der Waals surface area contributed by atoms with Gasteiger partial charge in [-0.05, 0) is 42.7 Å². The van der Waals surface area contributed by atoms with E-state index in [-0.39, 0.29) is 12.5 Å². The average molecular weight is 331 g/mol. The number of amides is 1. The van der Waals surface area contributed by atoms with Gasteiger partial charge in [-0.3, -0.25) is 14.5 Å². The van der Waals surface area contributed by atoms with E-state index in [0.717, 1.165) is 10.6 Å². The molecule has 0 aromatic carbocycles. The van der Waals surface area contributed by atoms with Crippen LogP contribution in [0.15, 0.2) is 35.7 Å². The third kappa shape index (κ3) is 3.12. The normalized spacial score (nSPS) is 10.6. The highest BCUT2D eigenvalue weighted by Gasteiger charge is 2.13. The summed E-state index contributed by atoms with van der Waals surface area (Å²) in [5, 5.41) is 11.6. The number of nitrogens with zero attached hydrogens (tertiary/aromatic N) is 3. The van der Waals surface area contributed by atoms with Crippen LogP contribution in [0.25, 0.3) is 10.7 Å². The molecular weight excluding hydrogens is 318 g/mol. The Morgan fingerprint density at radius 2 is 2.27 bits per heavy atom. The van der Waals surface area contributed by atoms with Gasteiger partial charge in [0.05, 0.1) is 4.88 Å². The Balaban J connectivity index is 1.80. The first-order valence-electron chi connectivity index (χ1n) is 6.56. The van der Waals surface area contributed by atoms with E-state index < -0.39 is 0 Å². The van der Waals surface area contributed by atoms with Crippen molar-refractivity contribution in [3.63, 3.8) is 0 Å². The molecule has 22 heavy (non-hydrogen) atoms. The molecule has 0 aliphatic heterocycles. The van der Waals surface area contributed by atoms with Crippen molar-refractivity contribution < 1.29 is 4.79 Å². The average Bonchev–Trinajstić information content (AvgIpc) is 3.10. The lowest BCUT2D eigenvalue weighted by Gasteiger charge is -2.07. The van der Waals surface area contributed by atoms with E-state index in [0.29, 0.717) is 16.4 Å². The molecule has 0 aliphatic carbocycles. The van der Waals surface area contributed by atoms with Gasteiger partial charge in [0.1, 0.15) is 12.4 Å². The van der Waals surface area contributed by atoms with E-state index in [2.05, 4.69) is 20.5 Å². The third-order valence-corrected chi connectivity index (χ3v) is 4.13. The largest absolute Gasteiger partial charge is 0.309 e. The maximum Gasteiger partial charge on any atom is 0.245 e. The van der Waals surface area contributed by atoms with Gasteiger partial charge in [0.15, 0.2) is 10.6 Å². The molecule has 0 bridgehead atoms. The van der Waals surface area contributed by atoms with E-state index in [9.17, 15) is 4.79 Å². The number of H-pyrrole nitrogens is 1. The predicted molar refractivity (Wildman–Crippen MR) is 88.3 cm³/mol. The van der Waals surface area contributed by atoms with Crippen molar-refractivity contribution in [1.82, 2.24) is 19.7 Å². The highest BCUT2D eigenvalue weighted by atomic mass is 32.1. The number of hydrogen-bond acceptors (Lipinski definition) is 5. The van der Waals surface area contributed by atoms with Gasteiger partial charge in [0.25, 0.3) is 0 Å². The number of carbonyl (C=O) groups is 1. The molecule has 3 heterocycles. The van der Waals surface area contributed by atoms with Gasteiger partial charge in [-0.25, -0.2) is 4.98 Å². The molecule has 3 aromatic rings. The lowest BCUT2D eigenvalue weighted by molar-refractivity contribution is -0.116. The Kier molecular flexibility index (Phi) is 4.12. The van der Waals surface area contributed by atoms with E-state index >= 15 is 0 Å². The second-order valence-corrected chi connectivity index (χ2v) is 5.96. The molecule has 6 nitrogen and oxygen atoms in total. The van der Waals surface area contributed by atoms with Crippen LogP contribution in [-0.4, -0.2) is 25.7 Å². The minimum atomic E-state index is -0.201. The van der Waals surface area contributed by atoms with Crippen molar-refractivity contribution in [3.05, 3.63) is 46.2 Å². The second kappa shape index (κ2) is 6.20. The summed E-state index contributed by atoms with van der Waals surface area (Å²) in [5.74, 6) is 0.985. The Hall–Kier alpha value is -2.32. The Labute approximate surface area is 135 Å². The molecule has 0 aliphatic rings. The van der Waals surface area contributed by atoms with Crippen LogP contribution < -0.4 is 5.32 Å². The van der Waals surface area contributed by atoms with Crippen molar-refractivity contribution in [2.45, 2.75) is 13.5 Å². The van der Waals surface area contributed by atoms with Crippen LogP contribution in [-0.2, 0) is 11.3 Å². The first-order chi connectivity index (χ1) is 10.6. The standard InChI is InChI=1S/C14H13N5OS2/c1-9-4-2-6-11(15-9)16-12(20)8-19-13(17-18-14(19)21)10-5-3-7-22-10/h2-7H,8H2,1H3,(H,18,21)(H,15,16,20). The summed E-state index contributed by atoms with van der Waals surface area (Å²) in [5.41, 5.74) is 0.844. The fourth-order valence-corrected chi connectivity index (χ4v) is 2.92. The molecular formula is C14H13N5OS2. The van der Waals surface area contributed by atoms with Gasteiger partial charge in [0.2, 0.25) is 5.91 Å². The van der Waals surface area contributed by atoms with Crippen molar-refractivity contribution >= 4 is 35.3 Å². The van der Waals surface area contributed by atoms with E-state index in [1.54, 1.807) is 22.0 Å². The highest BCUT2D eigenvalue weighted by molar-refractivity contribution is 7.71. The summed E-state index contributed by atoms with van der Waals surface area (Å²) >= 11 is 6.75. The fourth-order valence-electron chi connectivity index (χ4n) is 2.00. The number of rotatable bonds is 4. The van der Waals surface area contributed by atoms with Crippen molar-refractivity contribution in [3.8, 4) is 10.7 Å².